The molecule has 0 aliphatic heterocycles. The van der Waals surface area contributed by atoms with Gasteiger partial charge in [0.1, 0.15) is 18.4 Å². The Morgan fingerprint density at radius 3 is 2.05 bits per heavy atom. The predicted octanol–water partition coefficient (Wildman–Crippen LogP) is 4.35. The lowest BCUT2D eigenvalue weighted by Gasteiger charge is -2.33. The zero-order valence-electron chi connectivity index (χ0n) is 21.0. The highest BCUT2D eigenvalue weighted by molar-refractivity contribution is 7.92. The average molecular weight is 526 g/mol. The van der Waals surface area contributed by atoms with E-state index in [9.17, 15) is 22.4 Å². The molecule has 1 N–H and O–H groups in total. The van der Waals surface area contributed by atoms with E-state index < -0.39 is 34.3 Å². The largest absolute Gasteiger partial charge is 0.354 e. The molecule has 0 radical (unpaired) electrons. The zero-order valence-corrected chi connectivity index (χ0v) is 21.8. The molecular weight excluding hydrogens is 493 g/mol. The molecule has 0 spiro atoms. The molecule has 0 bridgehead atoms. The Kier molecular flexibility index (Phi) is 9.79. The number of carbonyl (C=O) groups excluding carboxylic acids is 2. The van der Waals surface area contributed by atoms with Gasteiger partial charge >= 0.3 is 0 Å². The van der Waals surface area contributed by atoms with Crippen LogP contribution in [0.1, 0.15) is 32.3 Å². The van der Waals surface area contributed by atoms with E-state index in [2.05, 4.69) is 5.32 Å². The molecule has 3 aromatic carbocycles. The molecule has 0 heterocycles. The fraction of sp³-hybridized carbons (Fsp3) is 0.286. The molecule has 3 aromatic rings. The van der Waals surface area contributed by atoms with Gasteiger partial charge in [-0.3, -0.25) is 13.9 Å². The number of halogens is 1. The van der Waals surface area contributed by atoms with E-state index in [0.717, 1.165) is 28.4 Å². The maximum absolute atomic E-state index is 13.8. The van der Waals surface area contributed by atoms with Crippen molar-refractivity contribution in [3.8, 4) is 0 Å². The summed E-state index contributed by atoms with van der Waals surface area (Å²) in [6, 6.07) is 21.1. The predicted molar refractivity (Wildman–Crippen MR) is 142 cm³/mol. The van der Waals surface area contributed by atoms with E-state index in [0.29, 0.717) is 13.0 Å². The van der Waals surface area contributed by atoms with Crippen LogP contribution in [0.15, 0.2) is 89.8 Å². The number of hydrogen-bond donors (Lipinski definition) is 1. The van der Waals surface area contributed by atoms with E-state index in [1.54, 1.807) is 30.3 Å². The van der Waals surface area contributed by atoms with Crippen LogP contribution < -0.4 is 9.62 Å². The van der Waals surface area contributed by atoms with Gasteiger partial charge in [-0.1, -0.05) is 62.4 Å². The quantitative estimate of drug-likeness (QED) is 0.381. The Morgan fingerprint density at radius 2 is 1.49 bits per heavy atom. The second kappa shape index (κ2) is 13.0. The molecule has 0 aromatic heterocycles. The summed E-state index contributed by atoms with van der Waals surface area (Å²) in [5.41, 5.74) is 1.09. The topological polar surface area (TPSA) is 86.8 Å². The average Bonchev–Trinajstić information content (AvgIpc) is 2.91. The van der Waals surface area contributed by atoms with Crippen LogP contribution in [0.4, 0.5) is 10.1 Å². The molecule has 0 saturated carbocycles. The summed E-state index contributed by atoms with van der Waals surface area (Å²) in [6.45, 7) is 3.82. The number of amides is 2. The molecule has 3 rings (SSSR count). The molecule has 2 amide bonds. The Bertz CT molecular complexity index is 1270. The number of anilines is 1. The standard InChI is InChI=1S/C28H32FN3O4S/c1-3-19-30-28(34)26(4-2)31(20-22-11-7-5-8-12-22)27(33)21-32(24-13-9-6-10-14-24)37(35,36)25-17-15-23(29)16-18-25/h5-18,26H,3-4,19-21H2,1-2H3,(H,30,34)/t26-/m1/s1. The lowest BCUT2D eigenvalue weighted by Crippen LogP contribution is -2.52. The summed E-state index contributed by atoms with van der Waals surface area (Å²) < 4.78 is 41.8. The minimum absolute atomic E-state index is 0.136. The van der Waals surface area contributed by atoms with Gasteiger partial charge in [-0.15, -0.1) is 0 Å². The Labute approximate surface area is 218 Å². The Hall–Kier alpha value is -3.72. The smallest absolute Gasteiger partial charge is 0.264 e. The minimum atomic E-state index is -4.22. The lowest BCUT2D eigenvalue weighted by molar-refractivity contribution is -0.140. The van der Waals surface area contributed by atoms with Crippen LogP contribution in [-0.4, -0.2) is 44.3 Å². The van der Waals surface area contributed by atoms with Crippen LogP contribution in [0, 0.1) is 5.82 Å². The Balaban J connectivity index is 2.01. The van der Waals surface area contributed by atoms with Crippen molar-refractivity contribution in [2.75, 3.05) is 17.4 Å². The number of benzene rings is 3. The molecule has 0 fully saturated rings. The molecule has 9 heteroatoms. The van der Waals surface area contributed by atoms with Crippen LogP contribution in [0.3, 0.4) is 0 Å². The van der Waals surface area contributed by atoms with Gasteiger partial charge in [-0.2, -0.15) is 0 Å². The van der Waals surface area contributed by atoms with Crippen molar-refractivity contribution in [3.05, 3.63) is 96.3 Å². The Morgan fingerprint density at radius 1 is 0.892 bits per heavy atom. The van der Waals surface area contributed by atoms with Crippen LogP contribution in [0.5, 0.6) is 0 Å². The summed E-state index contributed by atoms with van der Waals surface area (Å²) in [5.74, 6) is -1.39. The normalized spacial score (nSPS) is 12.0. The van der Waals surface area contributed by atoms with Crippen LogP contribution >= 0.6 is 0 Å². The van der Waals surface area contributed by atoms with Gasteiger partial charge in [-0.25, -0.2) is 12.8 Å². The van der Waals surface area contributed by atoms with Gasteiger partial charge in [-0.05, 0) is 54.8 Å². The van der Waals surface area contributed by atoms with Gasteiger partial charge in [0, 0.05) is 13.1 Å². The summed E-state index contributed by atoms with van der Waals surface area (Å²) in [7, 11) is -4.22. The third kappa shape index (κ3) is 7.16. The summed E-state index contributed by atoms with van der Waals surface area (Å²) in [6.07, 6.45) is 1.09. The van der Waals surface area contributed by atoms with Crippen molar-refractivity contribution in [3.63, 3.8) is 0 Å². The third-order valence-electron chi connectivity index (χ3n) is 5.86. The first-order chi connectivity index (χ1) is 17.8. The van der Waals surface area contributed by atoms with Crippen molar-refractivity contribution in [1.82, 2.24) is 10.2 Å². The first-order valence-corrected chi connectivity index (χ1v) is 13.7. The lowest BCUT2D eigenvalue weighted by atomic mass is 10.1. The SMILES string of the molecule is CCCNC(=O)[C@@H](CC)N(Cc1ccccc1)C(=O)CN(c1ccccc1)S(=O)(=O)c1ccc(F)cc1. The molecule has 7 nitrogen and oxygen atoms in total. The van der Waals surface area contributed by atoms with Gasteiger partial charge in [0.05, 0.1) is 10.6 Å². The number of nitrogens with zero attached hydrogens (tertiary/aromatic N) is 2. The highest BCUT2D eigenvalue weighted by Gasteiger charge is 2.33. The first kappa shape index (κ1) is 27.9. The maximum Gasteiger partial charge on any atom is 0.264 e. The summed E-state index contributed by atoms with van der Waals surface area (Å²) in [5, 5.41) is 2.85. The second-order valence-electron chi connectivity index (χ2n) is 8.52. The highest BCUT2D eigenvalue weighted by atomic mass is 32.2. The van der Waals surface area contributed by atoms with Crippen molar-refractivity contribution in [2.24, 2.45) is 0 Å². The van der Waals surface area contributed by atoms with Crippen molar-refractivity contribution >= 4 is 27.5 Å². The summed E-state index contributed by atoms with van der Waals surface area (Å²) >= 11 is 0. The second-order valence-corrected chi connectivity index (χ2v) is 10.4. The van der Waals surface area contributed by atoms with E-state index in [1.807, 2.05) is 44.2 Å². The number of carbonyl (C=O) groups is 2. The molecule has 0 unspecified atom stereocenters. The van der Waals surface area contributed by atoms with Crippen molar-refractivity contribution in [1.29, 1.82) is 0 Å². The van der Waals surface area contributed by atoms with Crippen LogP contribution in [0.25, 0.3) is 0 Å². The van der Waals surface area contributed by atoms with Crippen molar-refractivity contribution < 1.29 is 22.4 Å². The summed E-state index contributed by atoms with van der Waals surface area (Å²) in [4.78, 5) is 28.1. The number of nitrogens with one attached hydrogen (secondary N) is 1. The molecule has 0 aliphatic carbocycles. The highest BCUT2D eigenvalue weighted by Crippen LogP contribution is 2.25. The van der Waals surface area contributed by atoms with E-state index in [-0.39, 0.29) is 23.0 Å². The van der Waals surface area contributed by atoms with Gasteiger partial charge < -0.3 is 10.2 Å². The molecular formula is C28H32FN3O4S. The fourth-order valence-corrected chi connectivity index (χ4v) is 5.34. The molecule has 1 atom stereocenters. The number of hydrogen-bond acceptors (Lipinski definition) is 4. The number of sulfonamides is 1. The monoisotopic (exact) mass is 525 g/mol. The van der Waals surface area contributed by atoms with Gasteiger partial charge in [0.25, 0.3) is 10.0 Å². The fourth-order valence-electron chi connectivity index (χ4n) is 3.92. The first-order valence-electron chi connectivity index (χ1n) is 12.2. The number of para-hydroxylation sites is 1. The van der Waals surface area contributed by atoms with Crippen molar-refractivity contribution in [2.45, 2.75) is 44.2 Å². The molecule has 37 heavy (non-hydrogen) atoms. The van der Waals surface area contributed by atoms with Crippen LogP contribution in [-0.2, 0) is 26.2 Å². The van der Waals surface area contributed by atoms with Gasteiger partial charge in [0.15, 0.2) is 0 Å². The van der Waals surface area contributed by atoms with E-state index >= 15 is 0 Å². The van der Waals surface area contributed by atoms with Crippen LogP contribution in [0.2, 0.25) is 0 Å². The minimum Gasteiger partial charge on any atom is -0.354 e. The third-order valence-corrected chi connectivity index (χ3v) is 7.64. The zero-order chi connectivity index (χ0) is 26.8. The van der Waals surface area contributed by atoms with E-state index in [4.69, 9.17) is 0 Å². The molecule has 0 aliphatic rings. The maximum atomic E-state index is 13.8. The molecule has 0 saturated heterocycles. The van der Waals surface area contributed by atoms with E-state index in [1.165, 1.54) is 17.0 Å². The number of rotatable bonds is 12. The molecule has 196 valence electrons. The van der Waals surface area contributed by atoms with Gasteiger partial charge in [0.2, 0.25) is 11.8 Å².